The van der Waals surface area contributed by atoms with Crippen molar-refractivity contribution in [2.75, 3.05) is 0 Å². The number of benzene rings is 1. The molecule has 5 N–H and O–H groups in total. The third kappa shape index (κ3) is 3.57. The van der Waals surface area contributed by atoms with E-state index < -0.39 is 52.0 Å². The van der Waals surface area contributed by atoms with Crippen LogP contribution in [0.15, 0.2) is 23.0 Å². The van der Waals surface area contributed by atoms with Gasteiger partial charge in [0.05, 0.1) is 17.1 Å². The summed E-state index contributed by atoms with van der Waals surface area (Å²) in [6.45, 7) is 8.20. The largest absolute Gasteiger partial charge is 0.511 e. The second-order valence-corrected chi connectivity index (χ2v) is 10.4. The Morgan fingerprint density at radius 2 is 1.65 bits per heavy atom. The van der Waals surface area contributed by atoms with E-state index in [2.05, 4.69) is 0 Å². The van der Waals surface area contributed by atoms with Crippen molar-refractivity contribution in [3.63, 3.8) is 0 Å². The minimum atomic E-state index is -1.09. The molecule has 0 amide bonds. The number of rotatable bonds is 2. The maximum Gasteiger partial charge on any atom is 0.173 e. The highest BCUT2D eigenvalue weighted by atomic mass is 16.3. The van der Waals surface area contributed by atoms with Crippen LogP contribution in [0, 0.1) is 17.8 Å². The Balaban J connectivity index is 0.00000216. The first-order valence-corrected chi connectivity index (χ1v) is 11.1. The van der Waals surface area contributed by atoms with Gasteiger partial charge in [-0.2, -0.15) is 0 Å². The minimum absolute atomic E-state index is 0. The number of hydrogen-bond acceptors (Lipinski definition) is 7. The van der Waals surface area contributed by atoms with Crippen molar-refractivity contribution in [3.8, 4) is 5.75 Å². The van der Waals surface area contributed by atoms with E-state index in [1.165, 1.54) is 13.8 Å². The number of aromatic hydroxyl groups is 1. The first-order valence-electron chi connectivity index (χ1n) is 11.1. The van der Waals surface area contributed by atoms with Crippen molar-refractivity contribution >= 4 is 28.9 Å². The van der Waals surface area contributed by atoms with Gasteiger partial charge in [-0.1, -0.05) is 20.8 Å². The number of aliphatic hydroxyl groups excluding tert-OH is 2. The molecule has 3 unspecified atom stereocenters. The van der Waals surface area contributed by atoms with Gasteiger partial charge in [-0.05, 0) is 55.6 Å². The number of ketones is 4. The second kappa shape index (κ2) is 8.20. The molecule has 0 aromatic heterocycles. The molecular weight excluding hydrogens is 440 g/mol. The lowest BCUT2D eigenvalue weighted by atomic mass is 9.61. The average molecular weight is 475 g/mol. The molecule has 3 aliphatic rings. The Bertz CT molecular complexity index is 1220. The molecule has 1 fully saturated rings. The first-order chi connectivity index (χ1) is 15.3. The summed E-state index contributed by atoms with van der Waals surface area (Å²) >= 11 is 0. The van der Waals surface area contributed by atoms with Gasteiger partial charge < -0.3 is 20.8 Å². The maximum absolute atomic E-state index is 13.5. The van der Waals surface area contributed by atoms with Gasteiger partial charge in [-0.15, -0.1) is 0 Å². The van der Waals surface area contributed by atoms with Crippen LogP contribution in [0.2, 0.25) is 0 Å². The standard InChI is InChI=1S/C26H28O7.H2O.2H2/c1-10(27)14-9-16(26(3,4)5)22(30)21-15(14)7-12-6-13-8-17(29)18(11(2)28)23(31)20(13)24(32)19(12)25(21)33;;;/h9,12-13,20,30-31,33H,6-8H2,1-5H3;1H2;2*1H. The van der Waals surface area contributed by atoms with E-state index in [0.29, 0.717) is 23.1 Å². The van der Waals surface area contributed by atoms with Crippen molar-refractivity contribution in [2.24, 2.45) is 17.8 Å². The SMILES string of the molecule is CC(=O)C1=C(O)C2C(=O)C3=C(O)c4c(O)c(C(C)(C)C)cc(C(C)=O)c4CC3CC2CC1=O.O.[HH].[HH]. The van der Waals surface area contributed by atoms with Crippen molar-refractivity contribution in [3.05, 3.63) is 45.2 Å². The molecule has 34 heavy (non-hydrogen) atoms. The zero-order valence-corrected chi connectivity index (χ0v) is 19.9. The number of carbonyl (C=O) groups is 4. The van der Waals surface area contributed by atoms with Crippen LogP contribution >= 0.6 is 0 Å². The molecule has 1 aromatic rings. The molecule has 0 heterocycles. The highest BCUT2D eigenvalue weighted by Gasteiger charge is 2.51. The summed E-state index contributed by atoms with van der Waals surface area (Å²) in [5, 5.41) is 33.0. The van der Waals surface area contributed by atoms with Crippen LogP contribution in [0.25, 0.3) is 5.76 Å². The maximum atomic E-state index is 13.5. The summed E-state index contributed by atoms with van der Waals surface area (Å²) in [7, 11) is 0. The van der Waals surface area contributed by atoms with E-state index >= 15 is 0 Å². The van der Waals surface area contributed by atoms with Crippen molar-refractivity contribution in [1.82, 2.24) is 0 Å². The first kappa shape index (κ1) is 25.4. The fourth-order valence-corrected chi connectivity index (χ4v) is 5.71. The normalized spacial score (nSPS) is 24.2. The molecule has 1 aromatic carbocycles. The molecule has 1 saturated carbocycles. The van der Waals surface area contributed by atoms with E-state index in [1.54, 1.807) is 6.07 Å². The van der Waals surface area contributed by atoms with Crippen LogP contribution < -0.4 is 0 Å². The summed E-state index contributed by atoms with van der Waals surface area (Å²) in [6.07, 6.45) is 0.532. The number of Topliss-reactive ketones (excluding diaryl/α,β-unsaturated/α-hetero) is 4. The van der Waals surface area contributed by atoms with Gasteiger partial charge in [0.25, 0.3) is 0 Å². The Morgan fingerprint density at radius 1 is 1.03 bits per heavy atom. The average Bonchev–Trinajstić information content (AvgIpc) is 2.65. The fourth-order valence-electron chi connectivity index (χ4n) is 5.71. The predicted octanol–water partition coefficient (Wildman–Crippen LogP) is 3.58. The Kier molecular flexibility index (Phi) is 6.12. The van der Waals surface area contributed by atoms with Gasteiger partial charge in [-0.3, -0.25) is 19.2 Å². The quantitative estimate of drug-likeness (QED) is 0.436. The molecule has 3 atom stereocenters. The zero-order chi connectivity index (χ0) is 24.6. The summed E-state index contributed by atoms with van der Waals surface area (Å²) < 4.78 is 0. The summed E-state index contributed by atoms with van der Waals surface area (Å²) in [5.74, 6) is -5.01. The molecule has 3 aliphatic carbocycles. The Labute approximate surface area is 200 Å². The highest BCUT2D eigenvalue weighted by Crippen LogP contribution is 2.52. The van der Waals surface area contributed by atoms with E-state index in [-0.39, 0.29) is 49.4 Å². The van der Waals surface area contributed by atoms with Crippen molar-refractivity contribution < 1.29 is 42.8 Å². The van der Waals surface area contributed by atoms with Gasteiger partial charge >= 0.3 is 0 Å². The number of hydrogen-bond donors (Lipinski definition) is 3. The highest BCUT2D eigenvalue weighted by molar-refractivity contribution is 6.22. The Morgan fingerprint density at radius 3 is 2.18 bits per heavy atom. The van der Waals surface area contributed by atoms with Crippen LogP contribution in [-0.2, 0) is 26.2 Å². The molecule has 0 bridgehead atoms. The summed E-state index contributed by atoms with van der Waals surface area (Å²) in [4.78, 5) is 50.4. The molecule has 186 valence electrons. The molecule has 0 spiro atoms. The number of allylic oxidation sites excluding steroid dienone is 3. The van der Waals surface area contributed by atoms with Gasteiger partial charge in [0, 0.05) is 26.0 Å². The molecule has 0 saturated heterocycles. The van der Waals surface area contributed by atoms with Crippen LogP contribution in [0.3, 0.4) is 0 Å². The molecule has 4 rings (SSSR count). The number of phenolic OH excluding ortho intramolecular Hbond substituents is 1. The number of carbonyl (C=O) groups excluding carboxylic acids is 4. The molecular formula is C26H34O8. The van der Waals surface area contributed by atoms with E-state index in [9.17, 15) is 34.5 Å². The number of fused-ring (bicyclic) bond motifs is 3. The lowest BCUT2D eigenvalue weighted by Crippen LogP contribution is -2.44. The van der Waals surface area contributed by atoms with Crippen molar-refractivity contribution in [1.29, 1.82) is 0 Å². The monoisotopic (exact) mass is 474 g/mol. The fraction of sp³-hybridized carbons (Fsp3) is 0.462. The number of phenols is 1. The predicted molar refractivity (Wildman–Crippen MR) is 128 cm³/mol. The smallest absolute Gasteiger partial charge is 0.173 e. The molecule has 0 radical (unpaired) electrons. The molecule has 8 nitrogen and oxygen atoms in total. The summed E-state index contributed by atoms with van der Waals surface area (Å²) in [6, 6.07) is 1.65. The van der Waals surface area contributed by atoms with Crippen molar-refractivity contribution in [2.45, 2.75) is 59.3 Å². The van der Waals surface area contributed by atoms with Gasteiger partial charge in [0.2, 0.25) is 0 Å². The third-order valence-electron chi connectivity index (χ3n) is 7.18. The number of aliphatic hydroxyl groups is 2. The lowest BCUT2D eigenvalue weighted by molar-refractivity contribution is -0.127. The topological polar surface area (TPSA) is 160 Å². The Hall–Kier alpha value is -3.26. The summed E-state index contributed by atoms with van der Waals surface area (Å²) in [5.41, 5.74) is 0.606. The molecule has 8 heteroatoms. The van der Waals surface area contributed by atoms with Crippen LogP contribution in [0.4, 0.5) is 0 Å². The van der Waals surface area contributed by atoms with E-state index in [4.69, 9.17) is 0 Å². The van der Waals surface area contributed by atoms with Crippen LogP contribution in [0.5, 0.6) is 5.75 Å². The van der Waals surface area contributed by atoms with Crippen LogP contribution in [-0.4, -0.2) is 43.9 Å². The van der Waals surface area contributed by atoms with E-state index in [1.807, 2.05) is 20.8 Å². The van der Waals surface area contributed by atoms with Gasteiger partial charge in [0.1, 0.15) is 17.3 Å². The van der Waals surface area contributed by atoms with E-state index in [0.717, 1.165) is 0 Å². The minimum Gasteiger partial charge on any atom is -0.511 e. The zero-order valence-electron chi connectivity index (χ0n) is 19.9. The third-order valence-corrected chi connectivity index (χ3v) is 7.18. The van der Waals surface area contributed by atoms with Gasteiger partial charge in [0.15, 0.2) is 23.1 Å². The van der Waals surface area contributed by atoms with Gasteiger partial charge in [-0.25, -0.2) is 0 Å². The molecule has 0 aliphatic heterocycles. The van der Waals surface area contributed by atoms with Crippen LogP contribution in [0.1, 0.15) is 77.4 Å². The lowest BCUT2D eigenvalue weighted by Gasteiger charge is -2.41. The second-order valence-electron chi connectivity index (χ2n) is 10.4.